The third-order valence-corrected chi connectivity index (χ3v) is 7.21. The number of hydrogen-bond donors (Lipinski definition) is 1. The highest BCUT2D eigenvalue weighted by molar-refractivity contribution is 7.92. The van der Waals surface area contributed by atoms with E-state index >= 15 is 0 Å². The van der Waals surface area contributed by atoms with Crippen molar-refractivity contribution in [2.75, 3.05) is 25.6 Å². The molecule has 0 heterocycles. The molecule has 0 unspecified atom stereocenters. The molecule has 174 valence electrons. The Hall–Kier alpha value is -3.52. The second-order valence-electron chi connectivity index (χ2n) is 7.61. The number of methoxy groups -OCH3 is 2. The van der Waals surface area contributed by atoms with Gasteiger partial charge in [0.25, 0.3) is 15.9 Å². The van der Waals surface area contributed by atoms with Crippen molar-refractivity contribution in [3.05, 3.63) is 83.4 Å². The number of carbonyl (C=O) groups is 1. The Labute approximate surface area is 195 Å². The normalized spacial score (nSPS) is 12.0. The maximum absolute atomic E-state index is 13.2. The highest BCUT2D eigenvalue weighted by atomic mass is 32.2. The molecule has 0 aliphatic rings. The predicted octanol–water partition coefficient (Wildman–Crippen LogP) is 4.33. The van der Waals surface area contributed by atoms with E-state index in [1.54, 1.807) is 74.9 Å². The Kier molecular flexibility index (Phi) is 7.28. The van der Waals surface area contributed by atoms with Gasteiger partial charge in [-0.3, -0.25) is 9.10 Å². The number of carbonyl (C=O) groups excluding carboxylic acids is 1. The molecule has 7 nitrogen and oxygen atoms in total. The zero-order valence-electron chi connectivity index (χ0n) is 19.3. The summed E-state index contributed by atoms with van der Waals surface area (Å²) in [4.78, 5) is 13.3. The van der Waals surface area contributed by atoms with E-state index in [-0.39, 0.29) is 28.1 Å². The molecule has 3 aromatic carbocycles. The largest absolute Gasteiger partial charge is 0.493 e. The maximum Gasteiger partial charge on any atom is 0.264 e. The summed E-state index contributed by atoms with van der Waals surface area (Å²) >= 11 is 0. The van der Waals surface area contributed by atoms with E-state index in [9.17, 15) is 13.2 Å². The molecule has 3 rings (SSSR count). The van der Waals surface area contributed by atoms with Crippen molar-refractivity contribution in [1.82, 2.24) is 5.32 Å². The lowest BCUT2D eigenvalue weighted by Crippen LogP contribution is -2.31. The first kappa shape index (κ1) is 24.1. The zero-order chi connectivity index (χ0) is 24.2. The van der Waals surface area contributed by atoms with Gasteiger partial charge in [-0.15, -0.1) is 0 Å². The molecular weight excluding hydrogens is 440 g/mol. The number of rotatable bonds is 8. The summed E-state index contributed by atoms with van der Waals surface area (Å²) in [6.45, 7) is 3.73. The van der Waals surface area contributed by atoms with Gasteiger partial charge in [0, 0.05) is 7.05 Å². The number of anilines is 1. The first-order chi connectivity index (χ1) is 15.7. The van der Waals surface area contributed by atoms with Gasteiger partial charge in [0.2, 0.25) is 0 Å². The van der Waals surface area contributed by atoms with Gasteiger partial charge in [-0.1, -0.05) is 35.9 Å². The van der Waals surface area contributed by atoms with Crippen molar-refractivity contribution >= 4 is 21.6 Å². The van der Waals surface area contributed by atoms with E-state index in [2.05, 4.69) is 5.32 Å². The molecule has 0 bridgehead atoms. The standard InChI is InChI=1S/C25H28N2O5S/c1-17-10-13-20(14-11-17)33(29,30)27(3)22-9-7-6-8-21(22)25(28)26-18(2)19-12-15-23(31-4)24(16-19)32-5/h6-16,18H,1-5H3,(H,26,28)/t18-/m0/s1. The van der Waals surface area contributed by atoms with E-state index in [4.69, 9.17) is 9.47 Å². The number of hydrogen-bond acceptors (Lipinski definition) is 5. The number of aryl methyl sites for hydroxylation is 1. The summed E-state index contributed by atoms with van der Waals surface area (Å²) in [6.07, 6.45) is 0. The van der Waals surface area contributed by atoms with Crippen LogP contribution >= 0.6 is 0 Å². The number of ether oxygens (including phenoxy) is 2. The van der Waals surface area contributed by atoms with Gasteiger partial charge in [0.15, 0.2) is 11.5 Å². The fourth-order valence-electron chi connectivity index (χ4n) is 3.42. The van der Waals surface area contributed by atoms with Crippen LogP contribution in [-0.4, -0.2) is 35.6 Å². The van der Waals surface area contributed by atoms with Gasteiger partial charge in [-0.2, -0.15) is 0 Å². The highest BCUT2D eigenvalue weighted by Gasteiger charge is 2.25. The van der Waals surface area contributed by atoms with Crippen LogP contribution in [0.25, 0.3) is 0 Å². The summed E-state index contributed by atoms with van der Waals surface area (Å²) in [7, 11) is 0.708. The molecule has 0 fully saturated rings. The first-order valence-electron chi connectivity index (χ1n) is 10.4. The number of benzene rings is 3. The van der Waals surface area contributed by atoms with E-state index in [1.807, 2.05) is 19.9 Å². The number of nitrogens with one attached hydrogen (secondary N) is 1. The Morgan fingerprint density at radius 3 is 2.21 bits per heavy atom. The van der Waals surface area contributed by atoms with E-state index < -0.39 is 10.0 Å². The van der Waals surface area contributed by atoms with Crippen LogP contribution in [0.15, 0.2) is 71.6 Å². The number of sulfonamides is 1. The molecular formula is C25H28N2O5S. The molecule has 0 saturated heterocycles. The Bertz CT molecular complexity index is 1240. The van der Waals surface area contributed by atoms with Crippen LogP contribution in [0.4, 0.5) is 5.69 Å². The van der Waals surface area contributed by atoms with Gasteiger partial charge in [0.1, 0.15) is 0 Å². The molecule has 3 aromatic rings. The monoisotopic (exact) mass is 468 g/mol. The van der Waals surface area contributed by atoms with Gasteiger partial charge >= 0.3 is 0 Å². The second-order valence-corrected chi connectivity index (χ2v) is 9.58. The van der Waals surface area contributed by atoms with Gasteiger partial charge in [-0.05, 0) is 55.8 Å². The van der Waals surface area contributed by atoms with Gasteiger partial charge in [0.05, 0.1) is 36.4 Å². The minimum Gasteiger partial charge on any atom is -0.493 e. The molecule has 33 heavy (non-hydrogen) atoms. The quantitative estimate of drug-likeness (QED) is 0.532. The van der Waals surface area contributed by atoms with Crippen LogP contribution in [0, 0.1) is 6.92 Å². The molecule has 1 atom stereocenters. The lowest BCUT2D eigenvalue weighted by Gasteiger charge is -2.23. The molecule has 0 aliphatic carbocycles. The summed E-state index contributed by atoms with van der Waals surface area (Å²) in [5.41, 5.74) is 2.32. The molecule has 1 amide bonds. The minimum absolute atomic E-state index is 0.157. The highest BCUT2D eigenvalue weighted by Crippen LogP contribution is 2.31. The average Bonchev–Trinajstić information content (AvgIpc) is 2.83. The third kappa shape index (κ3) is 5.12. The van der Waals surface area contributed by atoms with Crippen LogP contribution in [0.5, 0.6) is 11.5 Å². The van der Waals surface area contributed by atoms with Crippen LogP contribution in [0.2, 0.25) is 0 Å². The van der Waals surface area contributed by atoms with Crippen molar-refractivity contribution < 1.29 is 22.7 Å². The van der Waals surface area contributed by atoms with E-state index in [1.165, 1.54) is 7.05 Å². The molecule has 1 N–H and O–H groups in total. The van der Waals surface area contributed by atoms with Crippen LogP contribution in [0.3, 0.4) is 0 Å². The maximum atomic E-state index is 13.2. The summed E-state index contributed by atoms with van der Waals surface area (Å²) in [5, 5.41) is 2.94. The van der Waals surface area contributed by atoms with Gasteiger partial charge in [-0.25, -0.2) is 8.42 Å². The van der Waals surface area contributed by atoms with E-state index in [0.29, 0.717) is 11.5 Å². The lowest BCUT2D eigenvalue weighted by molar-refractivity contribution is 0.0940. The summed E-state index contributed by atoms with van der Waals surface area (Å²) < 4.78 is 38.1. The fourth-order valence-corrected chi connectivity index (χ4v) is 4.63. The topological polar surface area (TPSA) is 84.9 Å². The first-order valence-corrected chi connectivity index (χ1v) is 11.8. The molecule has 8 heteroatoms. The smallest absolute Gasteiger partial charge is 0.264 e. The average molecular weight is 469 g/mol. The Balaban J connectivity index is 1.88. The van der Waals surface area contributed by atoms with Crippen molar-refractivity contribution in [3.8, 4) is 11.5 Å². The van der Waals surface area contributed by atoms with Crippen LogP contribution < -0.4 is 19.1 Å². The number of nitrogens with zero attached hydrogens (tertiary/aromatic N) is 1. The molecule has 0 spiro atoms. The number of para-hydroxylation sites is 1. The Morgan fingerprint density at radius 1 is 0.939 bits per heavy atom. The van der Waals surface area contributed by atoms with Crippen LogP contribution in [-0.2, 0) is 10.0 Å². The van der Waals surface area contributed by atoms with Crippen molar-refractivity contribution in [2.24, 2.45) is 0 Å². The van der Waals surface area contributed by atoms with Crippen molar-refractivity contribution in [1.29, 1.82) is 0 Å². The zero-order valence-corrected chi connectivity index (χ0v) is 20.1. The molecule has 0 aliphatic heterocycles. The summed E-state index contributed by atoms with van der Waals surface area (Å²) in [6, 6.07) is 18.3. The van der Waals surface area contributed by atoms with Gasteiger partial charge < -0.3 is 14.8 Å². The second kappa shape index (κ2) is 9.95. The number of amides is 1. The molecule has 0 aromatic heterocycles. The lowest BCUT2D eigenvalue weighted by atomic mass is 10.1. The predicted molar refractivity (Wildman–Crippen MR) is 129 cm³/mol. The minimum atomic E-state index is -3.84. The van der Waals surface area contributed by atoms with E-state index in [0.717, 1.165) is 15.4 Å². The van der Waals surface area contributed by atoms with Crippen LogP contribution in [0.1, 0.15) is 34.5 Å². The SMILES string of the molecule is COc1ccc([C@H](C)NC(=O)c2ccccc2N(C)S(=O)(=O)c2ccc(C)cc2)cc1OC. The van der Waals surface area contributed by atoms with Crippen molar-refractivity contribution in [2.45, 2.75) is 24.8 Å². The molecule has 0 radical (unpaired) electrons. The molecule has 0 saturated carbocycles. The third-order valence-electron chi connectivity index (χ3n) is 5.42. The van der Waals surface area contributed by atoms with Crippen molar-refractivity contribution in [3.63, 3.8) is 0 Å². The Morgan fingerprint density at radius 2 is 1.58 bits per heavy atom. The fraction of sp³-hybridized carbons (Fsp3) is 0.240. The summed E-state index contributed by atoms with van der Waals surface area (Å²) in [5.74, 6) is 0.757.